The van der Waals surface area contributed by atoms with E-state index in [1.165, 1.54) is 23.3 Å². The van der Waals surface area contributed by atoms with Crippen molar-refractivity contribution in [2.24, 2.45) is 0 Å². The number of likely N-dealkylation sites (tertiary alicyclic amines) is 1. The first kappa shape index (κ1) is 19.5. The number of nitrogens with zero attached hydrogens (tertiary/aromatic N) is 1. The lowest BCUT2D eigenvalue weighted by atomic mass is 9.88. The van der Waals surface area contributed by atoms with E-state index in [4.69, 9.17) is 0 Å². The van der Waals surface area contributed by atoms with Gasteiger partial charge in [0.05, 0.1) is 6.54 Å². The van der Waals surface area contributed by atoms with Gasteiger partial charge in [0, 0.05) is 5.56 Å². The quantitative estimate of drug-likeness (QED) is 0.522. The minimum absolute atomic E-state index is 0.194. The Morgan fingerprint density at radius 3 is 2.03 bits per heavy atom. The fraction of sp³-hybridized carbons (Fsp3) is 0.269. The molecule has 0 saturated carbocycles. The molecule has 3 aromatic carbocycles. The summed E-state index contributed by atoms with van der Waals surface area (Å²) in [7, 11) is 0. The van der Waals surface area contributed by atoms with Crippen LogP contribution in [0, 0.1) is 5.82 Å². The highest BCUT2D eigenvalue weighted by atomic mass is 19.1. The number of hydrogen-bond acceptors (Lipinski definition) is 2. The lowest BCUT2D eigenvalue weighted by Gasteiger charge is -2.31. The third-order valence-corrected chi connectivity index (χ3v) is 5.82. The molecule has 0 N–H and O–H groups in total. The number of hydrogen-bond donors (Lipinski definition) is 0. The van der Waals surface area contributed by atoms with Crippen LogP contribution in [0.4, 0.5) is 4.39 Å². The van der Waals surface area contributed by atoms with Gasteiger partial charge in [0.2, 0.25) is 0 Å². The van der Waals surface area contributed by atoms with Gasteiger partial charge in [0.25, 0.3) is 0 Å². The van der Waals surface area contributed by atoms with Crippen molar-refractivity contribution in [2.45, 2.75) is 25.2 Å². The van der Waals surface area contributed by atoms with Crippen molar-refractivity contribution >= 4 is 5.78 Å². The smallest absolute Gasteiger partial charge is 0.176 e. The molecule has 0 atom stereocenters. The second-order valence-corrected chi connectivity index (χ2v) is 7.88. The van der Waals surface area contributed by atoms with E-state index in [2.05, 4.69) is 29.2 Å². The number of carbonyl (C=O) groups is 1. The maximum Gasteiger partial charge on any atom is 0.176 e. The molecular weight excluding hydrogens is 361 g/mol. The Labute approximate surface area is 172 Å². The van der Waals surface area contributed by atoms with Gasteiger partial charge in [0.1, 0.15) is 5.82 Å². The molecule has 0 bridgehead atoms. The SMILES string of the molecule is O=C(CN1CCC(c2ccc(Cc3ccc(F)cc3)cc2)CC1)c1ccccc1. The van der Waals surface area contributed by atoms with Crippen molar-refractivity contribution in [3.05, 3.63) is 107 Å². The van der Waals surface area contributed by atoms with Crippen molar-refractivity contribution in [1.29, 1.82) is 0 Å². The van der Waals surface area contributed by atoms with E-state index in [1.807, 2.05) is 42.5 Å². The van der Waals surface area contributed by atoms with Crippen LogP contribution in [0.25, 0.3) is 0 Å². The average Bonchev–Trinajstić information content (AvgIpc) is 2.77. The summed E-state index contributed by atoms with van der Waals surface area (Å²) in [5.41, 5.74) is 4.54. The molecule has 0 amide bonds. The number of benzene rings is 3. The van der Waals surface area contributed by atoms with Crippen LogP contribution in [-0.4, -0.2) is 30.3 Å². The maximum absolute atomic E-state index is 13.0. The van der Waals surface area contributed by atoms with Crippen LogP contribution in [-0.2, 0) is 6.42 Å². The molecule has 29 heavy (non-hydrogen) atoms. The van der Waals surface area contributed by atoms with Crippen LogP contribution in [0.3, 0.4) is 0 Å². The summed E-state index contributed by atoms with van der Waals surface area (Å²) >= 11 is 0. The summed E-state index contributed by atoms with van der Waals surface area (Å²) in [6, 6.07) is 25.1. The van der Waals surface area contributed by atoms with Gasteiger partial charge in [-0.15, -0.1) is 0 Å². The highest BCUT2D eigenvalue weighted by Crippen LogP contribution is 2.28. The number of piperidine rings is 1. The van der Waals surface area contributed by atoms with Crippen molar-refractivity contribution in [3.8, 4) is 0 Å². The second-order valence-electron chi connectivity index (χ2n) is 7.88. The van der Waals surface area contributed by atoms with Gasteiger partial charge in [-0.1, -0.05) is 66.7 Å². The summed E-state index contributed by atoms with van der Waals surface area (Å²) in [6.45, 7) is 2.43. The molecule has 1 aliphatic heterocycles. The molecule has 0 radical (unpaired) electrons. The first-order valence-electron chi connectivity index (χ1n) is 10.3. The zero-order valence-electron chi connectivity index (χ0n) is 16.6. The van der Waals surface area contributed by atoms with E-state index in [0.717, 1.165) is 43.5 Å². The van der Waals surface area contributed by atoms with E-state index >= 15 is 0 Å². The predicted molar refractivity (Wildman–Crippen MR) is 115 cm³/mol. The van der Waals surface area contributed by atoms with Crippen molar-refractivity contribution in [2.75, 3.05) is 19.6 Å². The Hall–Kier alpha value is -2.78. The van der Waals surface area contributed by atoms with Crippen LogP contribution < -0.4 is 0 Å². The molecule has 1 fully saturated rings. The van der Waals surface area contributed by atoms with Gasteiger partial charge in [-0.25, -0.2) is 4.39 Å². The Balaban J connectivity index is 1.29. The fourth-order valence-electron chi connectivity index (χ4n) is 4.09. The molecule has 1 aliphatic rings. The molecule has 4 rings (SSSR count). The van der Waals surface area contributed by atoms with Gasteiger partial charge in [-0.2, -0.15) is 0 Å². The molecule has 1 heterocycles. The van der Waals surface area contributed by atoms with E-state index < -0.39 is 0 Å². The Morgan fingerprint density at radius 2 is 1.41 bits per heavy atom. The Bertz CT molecular complexity index is 927. The summed E-state index contributed by atoms with van der Waals surface area (Å²) in [4.78, 5) is 14.7. The van der Waals surface area contributed by atoms with Crippen molar-refractivity contribution in [1.82, 2.24) is 4.90 Å². The molecule has 3 aromatic rings. The molecule has 148 valence electrons. The molecule has 0 unspecified atom stereocenters. The summed E-state index contributed by atoms with van der Waals surface area (Å²) in [5.74, 6) is 0.563. The molecule has 1 saturated heterocycles. The average molecular weight is 387 g/mol. The zero-order chi connectivity index (χ0) is 20.1. The van der Waals surface area contributed by atoms with Crippen LogP contribution in [0.2, 0.25) is 0 Å². The Morgan fingerprint density at radius 1 is 0.828 bits per heavy atom. The van der Waals surface area contributed by atoms with Crippen LogP contribution >= 0.6 is 0 Å². The molecular formula is C26H26FNO. The lowest BCUT2D eigenvalue weighted by Crippen LogP contribution is -2.36. The third-order valence-electron chi connectivity index (χ3n) is 5.82. The molecule has 0 spiro atoms. The molecule has 0 aromatic heterocycles. The molecule has 2 nitrogen and oxygen atoms in total. The van der Waals surface area contributed by atoms with Crippen molar-refractivity contribution in [3.63, 3.8) is 0 Å². The topological polar surface area (TPSA) is 20.3 Å². The number of rotatable bonds is 6. The van der Waals surface area contributed by atoms with Crippen LogP contribution in [0.5, 0.6) is 0 Å². The largest absolute Gasteiger partial charge is 0.296 e. The first-order chi connectivity index (χ1) is 14.2. The van der Waals surface area contributed by atoms with E-state index in [9.17, 15) is 9.18 Å². The first-order valence-corrected chi connectivity index (χ1v) is 10.3. The predicted octanol–water partition coefficient (Wildman–Crippen LogP) is 5.48. The minimum atomic E-state index is -0.194. The number of Topliss-reactive ketones (excluding diaryl/α,β-unsaturated/α-hetero) is 1. The van der Waals surface area contributed by atoms with Gasteiger partial charge >= 0.3 is 0 Å². The summed E-state index contributed by atoms with van der Waals surface area (Å²) in [5, 5.41) is 0. The highest BCUT2D eigenvalue weighted by Gasteiger charge is 2.22. The van der Waals surface area contributed by atoms with E-state index in [-0.39, 0.29) is 11.6 Å². The Kier molecular flexibility index (Phi) is 6.16. The fourth-order valence-corrected chi connectivity index (χ4v) is 4.09. The van der Waals surface area contributed by atoms with Gasteiger partial charge in [0.15, 0.2) is 5.78 Å². The van der Waals surface area contributed by atoms with Crippen molar-refractivity contribution < 1.29 is 9.18 Å². The van der Waals surface area contributed by atoms with E-state index in [1.54, 1.807) is 0 Å². The standard InChI is InChI=1S/C26H26FNO/c27-25-12-8-21(9-13-25)18-20-6-10-22(11-7-20)23-14-16-28(17-15-23)19-26(29)24-4-2-1-3-5-24/h1-13,23H,14-19H2. The molecule has 0 aliphatic carbocycles. The summed E-state index contributed by atoms with van der Waals surface area (Å²) in [6.07, 6.45) is 2.99. The highest BCUT2D eigenvalue weighted by molar-refractivity contribution is 5.97. The number of halogens is 1. The van der Waals surface area contributed by atoms with Gasteiger partial charge < -0.3 is 0 Å². The number of ketones is 1. The van der Waals surface area contributed by atoms with Crippen LogP contribution in [0.15, 0.2) is 78.9 Å². The third kappa shape index (κ3) is 5.18. The zero-order valence-corrected chi connectivity index (χ0v) is 16.6. The normalized spacial score (nSPS) is 15.3. The summed E-state index contributed by atoms with van der Waals surface area (Å²) < 4.78 is 13.0. The van der Waals surface area contributed by atoms with E-state index in [0.29, 0.717) is 12.5 Å². The van der Waals surface area contributed by atoms with Crippen LogP contribution in [0.1, 0.15) is 45.8 Å². The lowest BCUT2D eigenvalue weighted by molar-refractivity contribution is 0.0909. The second kappa shape index (κ2) is 9.15. The number of carbonyl (C=O) groups excluding carboxylic acids is 1. The van der Waals surface area contributed by atoms with Gasteiger partial charge in [-0.05, 0) is 67.1 Å². The monoisotopic (exact) mass is 387 g/mol. The van der Waals surface area contributed by atoms with Gasteiger partial charge in [-0.3, -0.25) is 9.69 Å². The maximum atomic E-state index is 13.0. The molecule has 3 heteroatoms. The minimum Gasteiger partial charge on any atom is -0.296 e.